The Morgan fingerprint density at radius 2 is 2.12 bits per heavy atom. The van der Waals surface area contributed by atoms with Crippen molar-refractivity contribution in [3.8, 4) is 6.57 Å². The molecule has 0 bridgehead atoms. The standard InChI is InChI=1S/C24H24BrN6O/c1-14-21(32)20(31-8-6-18-22(26)29-13-30-23(18)31)11-24(14,27-2)7-5-15-3-4-16-10-17(25)12-28-19(16)9-15/h2-4,6,8-10,12-14,20-21,32H,5,7,11H2,1H3,(H2,26,29,30)/q+1/t14-,20+,21+,24+/m0/s1. The fourth-order valence-electron chi connectivity index (χ4n) is 5.06. The molecule has 0 saturated heterocycles. The number of anilines is 1. The van der Waals surface area contributed by atoms with Crippen molar-refractivity contribution in [3.63, 3.8) is 0 Å². The molecule has 1 saturated carbocycles. The number of aliphatic hydroxyl groups is 1. The highest BCUT2D eigenvalue weighted by atomic mass is 79.9. The molecule has 3 N–H and O–H groups in total. The lowest BCUT2D eigenvalue weighted by Gasteiger charge is -2.19. The molecule has 32 heavy (non-hydrogen) atoms. The summed E-state index contributed by atoms with van der Waals surface area (Å²) in [6.45, 7) is 8.01. The van der Waals surface area contributed by atoms with Crippen LogP contribution in [0.1, 0.15) is 31.4 Å². The van der Waals surface area contributed by atoms with Crippen molar-refractivity contribution in [2.24, 2.45) is 5.92 Å². The van der Waals surface area contributed by atoms with E-state index in [1.165, 1.54) is 11.9 Å². The van der Waals surface area contributed by atoms with E-state index in [-0.39, 0.29) is 12.0 Å². The predicted molar refractivity (Wildman–Crippen MR) is 130 cm³/mol. The van der Waals surface area contributed by atoms with Gasteiger partial charge in [0.1, 0.15) is 17.8 Å². The van der Waals surface area contributed by atoms with E-state index in [1.807, 2.05) is 23.8 Å². The Bertz CT molecular complexity index is 1360. The number of aliphatic hydroxyl groups excluding tert-OH is 1. The van der Waals surface area contributed by atoms with Gasteiger partial charge in [0, 0.05) is 28.7 Å². The van der Waals surface area contributed by atoms with Crippen LogP contribution in [0, 0.1) is 12.5 Å². The number of aryl methyl sites for hydroxylation is 1. The smallest absolute Gasteiger partial charge is 0.288 e. The first-order chi connectivity index (χ1) is 15.4. The zero-order valence-electron chi connectivity index (χ0n) is 17.7. The van der Waals surface area contributed by atoms with Gasteiger partial charge in [-0.25, -0.2) is 9.97 Å². The van der Waals surface area contributed by atoms with Crippen LogP contribution in [0.15, 0.2) is 53.5 Å². The Labute approximate surface area is 194 Å². The number of halogens is 1. The fourth-order valence-corrected chi connectivity index (χ4v) is 5.41. The third-order valence-electron chi connectivity index (χ3n) is 7.03. The molecule has 8 heteroatoms. The molecule has 162 valence electrons. The van der Waals surface area contributed by atoms with Gasteiger partial charge in [-0.05, 0) is 46.1 Å². The van der Waals surface area contributed by atoms with Gasteiger partial charge in [-0.1, -0.05) is 23.9 Å². The summed E-state index contributed by atoms with van der Waals surface area (Å²) in [5, 5.41) is 13.0. The van der Waals surface area contributed by atoms with Gasteiger partial charge in [0.15, 0.2) is 0 Å². The van der Waals surface area contributed by atoms with Crippen molar-refractivity contribution in [2.45, 2.75) is 43.9 Å². The quantitative estimate of drug-likeness (QED) is 0.434. The molecule has 0 spiro atoms. The second kappa shape index (κ2) is 7.84. The molecule has 4 atom stereocenters. The van der Waals surface area contributed by atoms with Crippen LogP contribution in [0.25, 0.3) is 26.8 Å². The first-order valence-corrected chi connectivity index (χ1v) is 11.4. The maximum atomic E-state index is 11.2. The van der Waals surface area contributed by atoms with Gasteiger partial charge in [-0.3, -0.25) is 4.98 Å². The second-order valence-corrected chi connectivity index (χ2v) is 9.60. The minimum absolute atomic E-state index is 0.108. The van der Waals surface area contributed by atoms with Gasteiger partial charge in [-0.2, -0.15) is 0 Å². The lowest BCUT2D eigenvalue weighted by atomic mass is 9.83. The maximum absolute atomic E-state index is 11.2. The number of rotatable bonds is 4. The minimum atomic E-state index is -0.607. The van der Waals surface area contributed by atoms with Crippen LogP contribution < -0.4 is 5.73 Å². The van der Waals surface area contributed by atoms with Crippen molar-refractivity contribution in [1.82, 2.24) is 19.5 Å². The summed E-state index contributed by atoms with van der Waals surface area (Å²) in [6.07, 6.45) is 6.71. The van der Waals surface area contributed by atoms with E-state index in [1.54, 1.807) is 6.20 Å². The molecule has 7 nitrogen and oxygen atoms in total. The van der Waals surface area contributed by atoms with Crippen LogP contribution in [-0.4, -0.2) is 36.3 Å². The molecule has 1 aliphatic rings. The number of pyridine rings is 1. The van der Waals surface area contributed by atoms with Crippen molar-refractivity contribution in [1.29, 1.82) is 0 Å². The summed E-state index contributed by atoms with van der Waals surface area (Å²) in [5.41, 5.74) is 8.30. The number of hydrogen-bond acceptors (Lipinski definition) is 5. The molecule has 0 radical (unpaired) electrons. The zero-order chi connectivity index (χ0) is 22.5. The maximum Gasteiger partial charge on any atom is 0.288 e. The molecule has 5 rings (SSSR count). The monoisotopic (exact) mass is 491 g/mol. The van der Waals surface area contributed by atoms with E-state index >= 15 is 0 Å². The number of benzene rings is 1. The molecule has 0 aliphatic heterocycles. The number of nitrogen functional groups attached to an aromatic ring is 1. The number of nitrogens with two attached hydrogens (primary N) is 1. The first kappa shape index (κ1) is 20.9. The van der Waals surface area contributed by atoms with E-state index in [0.29, 0.717) is 17.9 Å². The van der Waals surface area contributed by atoms with Gasteiger partial charge < -0.3 is 15.4 Å². The summed E-state index contributed by atoms with van der Waals surface area (Å²) >= 11 is 3.47. The Kier molecular flexibility index (Phi) is 5.11. The van der Waals surface area contributed by atoms with Gasteiger partial charge in [0.2, 0.25) is 0 Å². The molecule has 4 aromatic rings. The number of hydrogen-bond donors (Lipinski definition) is 2. The number of nitrogens with zero attached hydrogens (tertiary/aromatic N) is 5. The third-order valence-corrected chi connectivity index (χ3v) is 7.47. The second-order valence-electron chi connectivity index (χ2n) is 8.68. The highest BCUT2D eigenvalue weighted by Gasteiger charge is 2.59. The SMILES string of the molecule is C#[N+][C@]1(CCc2ccc3cc(Br)cnc3c2)C[C@@H](n2ccc3c(N)ncnc32)[C@H](O)[C@@H]1C. The van der Waals surface area contributed by atoms with E-state index in [4.69, 9.17) is 12.3 Å². The molecule has 0 unspecified atom stereocenters. The van der Waals surface area contributed by atoms with Gasteiger partial charge in [0.05, 0.1) is 35.4 Å². The third kappa shape index (κ3) is 3.33. The van der Waals surface area contributed by atoms with Crippen LogP contribution in [0.3, 0.4) is 0 Å². The number of aromatic nitrogens is 4. The normalized spacial score (nSPS) is 25.4. The fraction of sp³-hybridized carbons (Fsp3) is 0.333. The number of fused-ring (bicyclic) bond motifs is 2. The topological polar surface area (TPSA) is 94.2 Å². The molecule has 3 heterocycles. The summed E-state index contributed by atoms with van der Waals surface area (Å²) < 4.78 is 2.95. The Hall–Kier alpha value is -3.02. The lowest BCUT2D eigenvalue weighted by Crippen LogP contribution is -2.32. The van der Waals surface area contributed by atoms with Crippen molar-refractivity contribution >= 4 is 43.7 Å². The average Bonchev–Trinajstić information content (AvgIpc) is 3.33. The highest BCUT2D eigenvalue weighted by Crippen LogP contribution is 2.48. The first-order valence-electron chi connectivity index (χ1n) is 10.6. The van der Waals surface area contributed by atoms with Crippen LogP contribution in [0.5, 0.6) is 0 Å². The molecular formula is C24H24BrN6O+. The Morgan fingerprint density at radius 1 is 1.28 bits per heavy atom. The molecule has 1 aromatic carbocycles. The highest BCUT2D eigenvalue weighted by molar-refractivity contribution is 9.10. The van der Waals surface area contributed by atoms with E-state index in [2.05, 4.69) is 60.0 Å². The van der Waals surface area contributed by atoms with Gasteiger partial charge in [-0.15, -0.1) is 0 Å². The van der Waals surface area contributed by atoms with Gasteiger partial charge in [0.25, 0.3) is 12.1 Å². The lowest BCUT2D eigenvalue weighted by molar-refractivity contribution is 0.0945. The minimum Gasteiger partial charge on any atom is -0.390 e. The zero-order valence-corrected chi connectivity index (χ0v) is 19.3. The summed E-state index contributed by atoms with van der Waals surface area (Å²) in [7, 11) is 0. The van der Waals surface area contributed by atoms with Crippen LogP contribution in [-0.2, 0) is 6.42 Å². The average molecular weight is 492 g/mol. The molecule has 3 aromatic heterocycles. The van der Waals surface area contributed by atoms with Crippen molar-refractivity contribution in [2.75, 3.05) is 5.73 Å². The summed E-state index contributed by atoms with van der Waals surface area (Å²) in [6, 6.07) is 10.1. The Balaban J connectivity index is 1.42. The predicted octanol–water partition coefficient (Wildman–Crippen LogP) is 4.60. The van der Waals surface area contributed by atoms with Gasteiger partial charge >= 0.3 is 0 Å². The largest absolute Gasteiger partial charge is 0.390 e. The summed E-state index contributed by atoms with van der Waals surface area (Å²) in [5.74, 6) is 0.324. The van der Waals surface area contributed by atoms with Crippen molar-refractivity contribution in [3.05, 3.63) is 63.9 Å². The molecular weight excluding hydrogens is 468 g/mol. The summed E-state index contributed by atoms with van der Waals surface area (Å²) in [4.78, 5) is 17.3. The molecule has 0 amide bonds. The van der Waals surface area contributed by atoms with E-state index < -0.39 is 11.6 Å². The van der Waals surface area contributed by atoms with Crippen LogP contribution >= 0.6 is 15.9 Å². The molecule has 1 fully saturated rings. The van der Waals surface area contributed by atoms with Crippen molar-refractivity contribution < 1.29 is 5.11 Å². The van der Waals surface area contributed by atoms with E-state index in [9.17, 15) is 5.11 Å². The molecule has 1 aliphatic carbocycles. The van der Waals surface area contributed by atoms with Crippen LogP contribution in [0.4, 0.5) is 5.82 Å². The van der Waals surface area contributed by atoms with Crippen LogP contribution in [0.2, 0.25) is 0 Å². The van der Waals surface area contributed by atoms with E-state index in [0.717, 1.165) is 33.6 Å². The Morgan fingerprint density at radius 3 is 2.94 bits per heavy atom.